The number of thiophene rings is 1. The van der Waals surface area contributed by atoms with Gasteiger partial charge < -0.3 is 0 Å². The third-order valence-electron chi connectivity index (χ3n) is 3.95. The minimum atomic E-state index is -4.33. The number of hydrogen-bond acceptors (Lipinski definition) is 5. The highest BCUT2D eigenvalue weighted by Gasteiger charge is 2.30. The molecule has 29 heavy (non-hydrogen) atoms. The zero-order chi connectivity index (χ0) is 21.0. The summed E-state index contributed by atoms with van der Waals surface area (Å²) in [4.78, 5) is 22.3. The van der Waals surface area contributed by atoms with Crippen LogP contribution in [0.5, 0.6) is 5.75 Å². The summed E-state index contributed by atoms with van der Waals surface area (Å²) in [5.41, 5.74) is 2.05. The van der Waals surface area contributed by atoms with Gasteiger partial charge in [-0.2, -0.15) is 13.2 Å². The number of carbonyl (C=O) groups is 1. The summed E-state index contributed by atoms with van der Waals surface area (Å²) in [6.07, 6.45) is -4.33. The van der Waals surface area contributed by atoms with Crippen LogP contribution in [0.15, 0.2) is 58.8 Å². The molecule has 0 spiro atoms. The highest BCUT2D eigenvalue weighted by Crippen LogP contribution is 2.34. The molecule has 0 aliphatic carbocycles. The Hall–Kier alpha value is -2.45. The maximum Gasteiger partial charge on any atom is 0.416 e. The van der Waals surface area contributed by atoms with Crippen LogP contribution in [0.3, 0.4) is 0 Å². The molecule has 152 valence electrons. The molecule has 0 bridgehead atoms. The van der Waals surface area contributed by atoms with E-state index in [1.807, 2.05) is 30.5 Å². The zero-order valence-electron chi connectivity index (χ0n) is 15.6. The molecule has 0 aliphatic rings. The van der Waals surface area contributed by atoms with E-state index in [2.05, 4.69) is 4.89 Å². The average Bonchev–Trinajstić information content (AvgIpc) is 3.14. The van der Waals surface area contributed by atoms with Crippen LogP contribution >= 0.6 is 23.1 Å². The molecule has 3 aromatic rings. The second-order valence-corrected chi connectivity index (χ2v) is 8.23. The molecule has 0 saturated carbocycles. The van der Waals surface area contributed by atoms with Gasteiger partial charge in [-0.05, 0) is 65.4 Å². The standard InChI is InChI=1S/C21H17F3O3S2/c1-13-9-18(7-8-19(13)27-26-14(2)25)28-11-15-10-20(29-12-15)16-3-5-17(6-4-16)21(22,23)24/h3-10,12H,11H2,1-2H3. The molecule has 0 unspecified atom stereocenters. The SMILES string of the molecule is CC(=O)OOc1ccc(SCc2csc(-c3ccc(C(F)(F)F)cc3)c2)cc1C. The highest BCUT2D eigenvalue weighted by molar-refractivity contribution is 7.98. The van der Waals surface area contributed by atoms with Gasteiger partial charge in [-0.3, -0.25) is 9.78 Å². The summed E-state index contributed by atoms with van der Waals surface area (Å²) >= 11 is 3.13. The average molecular weight is 438 g/mol. The molecule has 8 heteroatoms. The van der Waals surface area contributed by atoms with Gasteiger partial charge >= 0.3 is 12.1 Å². The number of thioether (sulfide) groups is 1. The summed E-state index contributed by atoms with van der Waals surface area (Å²) in [5, 5.41) is 2.01. The molecule has 3 rings (SSSR count). The Morgan fingerprint density at radius 1 is 1.10 bits per heavy atom. The predicted octanol–water partition coefficient (Wildman–Crippen LogP) is 6.89. The summed E-state index contributed by atoms with van der Waals surface area (Å²) in [6.45, 7) is 3.12. The Kier molecular flexibility index (Phi) is 6.54. The van der Waals surface area contributed by atoms with Crippen molar-refractivity contribution >= 4 is 29.1 Å². The van der Waals surface area contributed by atoms with E-state index in [1.165, 1.54) is 30.4 Å². The van der Waals surface area contributed by atoms with Crippen molar-refractivity contribution < 1.29 is 27.7 Å². The van der Waals surface area contributed by atoms with Crippen molar-refractivity contribution in [3.8, 4) is 16.2 Å². The van der Waals surface area contributed by atoms with Gasteiger partial charge in [0.25, 0.3) is 0 Å². The summed E-state index contributed by atoms with van der Waals surface area (Å²) in [6, 6.07) is 12.7. The molecule has 0 aliphatic heterocycles. The van der Waals surface area contributed by atoms with Gasteiger partial charge in [0.1, 0.15) is 0 Å². The Morgan fingerprint density at radius 3 is 2.45 bits per heavy atom. The minimum Gasteiger partial charge on any atom is -0.287 e. The maximum atomic E-state index is 12.7. The lowest BCUT2D eigenvalue weighted by Crippen LogP contribution is -2.03. The van der Waals surface area contributed by atoms with E-state index < -0.39 is 17.7 Å². The first-order chi connectivity index (χ1) is 13.7. The molecule has 0 saturated heterocycles. The van der Waals surface area contributed by atoms with E-state index in [4.69, 9.17) is 4.89 Å². The second-order valence-electron chi connectivity index (χ2n) is 6.27. The Morgan fingerprint density at radius 2 is 1.83 bits per heavy atom. The lowest BCUT2D eigenvalue weighted by Gasteiger charge is -2.07. The molecule has 1 aromatic heterocycles. The van der Waals surface area contributed by atoms with E-state index in [-0.39, 0.29) is 0 Å². The third-order valence-corrected chi connectivity index (χ3v) is 6.04. The minimum absolute atomic E-state index is 0.477. The second kappa shape index (κ2) is 8.92. The van der Waals surface area contributed by atoms with Crippen LogP contribution in [0.2, 0.25) is 0 Å². The first-order valence-corrected chi connectivity index (χ1v) is 10.4. The third kappa shape index (κ3) is 5.77. The van der Waals surface area contributed by atoms with E-state index >= 15 is 0 Å². The number of alkyl halides is 3. The lowest BCUT2D eigenvalue weighted by molar-refractivity contribution is -0.211. The Labute approximate surface area is 174 Å². The van der Waals surface area contributed by atoms with Crippen molar-refractivity contribution in [3.05, 3.63) is 70.6 Å². The van der Waals surface area contributed by atoms with Crippen molar-refractivity contribution in [2.75, 3.05) is 0 Å². The van der Waals surface area contributed by atoms with Gasteiger partial charge in [-0.1, -0.05) is 12.1 Å². The lowest BCUT2D eigenvalue weighted by atomic mass is 10.1. The largest absolute Gasteiger partial charge is 0.416 e. The maximum absolute atomic E-state index is 12.7. The molecule has 0 amide bonds. The monoisotopic (exact) mass is 438 g/mol. The zero-order valence-corrected chi connectivity index (χ0v) is 17.2. The van der Waals surface area contributed by atoms with Crippen LogP contribution in [0.4, 0.5) is 13.2 Å². The molecule has 1 heterocycles. The van der Waals surface area contributed by atoms with Crippen molar-refractivity contribution in [2.45, 2.75) is 30.7 Å². The number of halogens is 3. The molecular formula is C21H17F3O3S2. The van der Waals surface area contributed by atoms with Crippen LogP contribution in [0.1, 0.15) is 23.6 Å². The highest BCUT2D eigenvalue weighted by atomic mass is 32.2. The number of carbonyl (C=O) groups excluding carboxylic acids is 1. The van der Waals surface area contributed by atoms with Gasteiger partial charge in [0.05, 0.1) is 5.56 Å². The number of aryl methyl sites for hydroxylation is 1. The molecule has 0 N–H and O–H groups in total. The Bertz CT molecular complexity index is 995. The smallest absolute Gasteiger partial charge is 0.287 e. The van der Waals surface area contributed by atoms with Crippen LogP contribution in [0, 0.1) is 6.92 Å². The number of hydrogen-bond donors (Lipinski definition) is 0. The Balaban J connectivity index is 1.62. The molecule has 3 nitrogen and oxygen atoms in total. The first kappa shape index (κ1) is 21.3. The molecule has 0 fully saturated rings. The van der Waals surface area contributed by atoms with E-state index in [9.17, 15) is 18.0 Å². The van der Waals surface area contributed by atoms with Gasteiger partial charge in [-0.25, -0.2) is 4.79 Å². The van der Waals surface area contributed by atoms with Gasteiger partial charge in [0, 0.05) is 22.4 Å². The van der Waals surface area contributed by atoms with Crippen LogP contribution in [0.25, 0.3) is 10.4 Å². The molecule has 0 atom stereocenters. The molecular weight excluding hydrogens is 421 g/mol. The summed E-state index contributed by atoms with van der Waals surface area (Å²) in [5.74, 6) is 0.676. The summed E-state index contributed by atoms with van der Waals surface area (Å²) in [7, 11) is 0. The number of rotatable bonds is 6. The quantitative estimate of drug-likeness (QED) is 0.238. The fraction of sp³-hybridized carbons (Fsp3) is 0.190. The topological polar surface area (TPSA) is 35.5 Å². The fourth-order valence-corrected chi connectivity index (χ4v) is 4.45. The van der Waals surface area contributed by atoms with Gasteiger partial charge in [0.15, 0.2) is 5.75 Å². The van der Waals surface area contributed by atoms with Crippen molar-refractivity contribution in [3.63, 3.8) is 0 Å². The van der Waals surface area contributed by atoms with Crippen molar-refractivity contribution in [1.82, 2.24) is 0 Å². The fourth-order valence-electron chi connectivity index (χ4n) is 2.50. The normalized spacial score (nSPS) is 11.3. The van der Waals surface area contributed by atoms with Gasteiger partial charge in [0.2, 0.25) is 0 Å². The van der Waals surface area contributed by atoms with Crippen molar-refractivity contribution in [1.29, 1.82) is 0 Å². The van der Waals surface area contributed by atoms with E-state index in [1.54, 1.807) is 17.8 Å². The first-order valence-electron chi connectivity index (χ1n) is 8.56. The van der Waals surface area contributed by atoms with Crippen LogP contribution in [-0.4, -0.2) is 5.97 Å². The molecule has 0 radical (unpaired) electrons. The molecule has 2 aromatic carbocycles. The van der Waals surface area contributed by atoms with Crippen molar-refractivity contribution in [2.24, 2.45) is 0 Å². The van der Waals surface area contributed by atoms with E-state index in [0.717, 1.165) is 44.3 Å². The number of benzene rings is 2. The van der Waals surface area contributed by atoms with Crippen LogP contribution in [-0.2, 0) is 21.6 Å². The van der Waals surface area contributed by atoms with Gasteiger partial charge in [-0.15, -0.1) is 23.1 Å². The van der Waals surface area contributed by atoms with E-state index in [0.29, 0.717) is 5.75 Å². The predicted molar refractivity (Wildman–Crippen MR) is 108 cm³/mol. The summed E-state index contributed by atoms with van der Waals surface area (Å²) < 4.78 is 38.1. The van der Waals surface area contributed by atoms with Crippen LogP contribution < -0.4 is 4.89 Å².